The first-order valence-electron chi connectivity index (χ1n) is 5.95. The summed E-state index contributed by atoms with van der Waals surface area (Å²) in [6, 6.07) is 0. The van der Waals surface area contributed by atoms with Crippen molar-refractivity contribution in [2.45, 2.75) is 71.0 Å². The van der Waals surface area contributed by atoms with Gasteiger partial charge in [0.25, 0.3) is 0 Å². The minimum Gasteiger partial charge on any atom is -0.339 e. The first-order chi connectivity index (χ1) is 6.26. The van der Waals surface area contributed by atoms with Crippen LogP contribution in [0.5, 0.6) is 0 Å². The van der Waals surface area contributed by atoms with Gasteiger partial charge in [0.2, 0.25) is 0 Å². The van der Waals surface area contributed by atoms with Crippen molar-refractivity contribution >= 4 is 8.24 Å². The van der Waals surface area contributed by atoms with Crippen LogP contribution in [0.2, 0.25) is 16.1 Å². The number of hydrogen-bond donors (Lipinski definition) is 1. The fraction of sp³-hybridized carbons (Fsp3) is 1.00. The number of nitrogens with one attached hydrogen (secondary N) is 1. The van der Waals surface area contributed by atoms with Crippen molar-refractivity contribution in [3.05, 3.63) is 0 Å². The molecule has 1 N–H and O–H groups in total. The Morgan fingerprint density at radius 3 is 1.50 bits per heavy atom. The molecule has 0 heterocycles. The van der Waals surface area contributed by atoms with Crippen molar-refractivity contribution in [2.24, 2.45) is 0 Å². The van der Waals surface area contributed by atoms with Crippen molar-refractivity contribution < 1.29 is 0 Å². The van der Waals surface area contributed by atoms with E-state index in [9.17, 15) is 0 Å². The maximum atomic E-state index is 3.74. The van der Waals surface area contributed by atoms with Crippen LogP contribution >= 0.6 is 0 Å². The van der Waals surface area contributed by atoms with Gasteiger partial charge in [-0.25, -0.2) is 0 Å². The van der Waals surface area contributed by atoms with Crippen LogP contribution in [0.3, 0.4) is 0 Å². The van der Waals surface area contributed by atoms with E-state index in [-0.39, 0.29) is 0 Å². The van der Waals surface area contributed by atoms with Crippen LogP contribution in [-0.4, -0.2) is 15.3 Å². The van der Waals surface area contributed by atoms with Crippen molar-refractivity contribution in [2.75, 3.05) is 7.05 Å². The zero-order chi connectivity index (χ0) is 11.6. The van der Waals surface area contributed by atoms with Crippen molar-refractivity contribution in [3.8, 4) is 0 Å². The second-order valence-electron chi connectivity index (χ2n) is 5.67. The van der Waals surface area contributed by atoms with Crippen LogP contribution in [0.1, 0.15) is 54.9 Å². The van der Waals surface area contributed by atoms with Crippen LogP contribution < -0.4 is 4.98 Å². The zero-order valence-corrected chi connectivity index (χ0v) is 12.4. The summed E-state index contributed by atoms with van der Waals surface area (Å²) in [5.41, 5.74) is 1.59. The molecule has 0 unspecified atom stereocenters. The molecule has 0 radical (unpaired) electrons. The molecular weight excluding hydrogens is 186 g/mol. The maximum absolute atomic E-state index is 3.74. The molecule has 0 aromatic rings. The van der Waals surface area contributed by atoms with Gasteiger partial charge >= 0.3 is 0 Å². The van der Waals surface area contributed by atoms with Gasteiger partial charge in [0, 0.05) is 0 Å². The third-order valence-corrected chi connectivity index (χ3v) is 11.3. The largest absolute Gasteiger partial charge is 0.339 e. The molecule has 0 spiro atoms. The van der Waals surface area contributed by atoms with Gasteiger partial charge in [-0.15, -0.1) is 0 Å². The molecule has 86 valence electrons. The minimum atomic E-state index is -1.40. The lowest BCUT2D eigenvalue weighted by molar-refractivity contribution is 0.564. The average Bonchev–Trinajstić information content (AvgIpc) is 2.04. The van der Waals surface area contributed by atoms with Gasteiger partial charge in [-0.05, 0) is 23.2 Å². The van der Waals surface area contributed by atoms with Gasteiger partial charge in [0.1, 0.15) is 8.24 Å². The van der Waals surface area contributed by atoms with Crippen molar-refractivity contribution in [1.82, 2.24) is 4.98 Å². The highest BCUT2D eigenvalue weighted by Gasteiger charge is 2.49. The van der Waals surface area contributed by atoms with Gasteiger partial charge in [0.05, 0.1) is 0 Å². The van der Waals surface area contributed by atoms with Crippen LogP contribution in [0, 0.1) is 0 Å². The smallest absolute Gasteiger partial charge is 0.136 e. The summed E-state index contributed by atoms with van der Waals surface area (Å²) in [7, 11) is 0.768. The van der Waals surface area contributed by atoms with E-state index in [4.69, 9.17) is 0 Å². The Balaban J connectivity index is 5.25. The molecule has 0 aliphatic heterocycles. The van der Waals surface area contributed by atoms with Gasteiger partial charge in [-0.3, -0.25) is 0 Å². The Hall–Kier alpha value is 0.177. The summed E-state index contributed by atoms with van der Waals surface area (Å²) in [5, 5.41) is 0.476. The average molecular weight is 215 g/mol. The molecule has 2 heteroatoms. The molecule has 0 bridgehead atoms. The third kappa shape index (κ3) is 2.06. The number of rotatable bonds is 5. The van der Waals surface area contributed by atoms with E-state index in [1.807, 2.05) is 0 Å². The van der Waals surface area contributed by atoms with E-state index in [1.165, 1.54) is 6.42 Å². The highest BCUT2D eigenvalue weighted by molar-refractivity contribution is 6.82. The Kier molecular flexibility index (Phi) is 4.86. The Morgan fingerprint density at radius 1 is 1.07 bits per heavy atom. The summed E-state index contributed by atoms with van der Waals surface area (Å²) in [6.45, 7) is 16.8. The summed E-state index contributed by atoms with van der Waals surface area (Å²) in [6.07, 6.45) is 1.27. The predicted octanol–water partition coefficient (Wildman–Crippen LogP) is 4.16. The summed E-state index contributed by atoms with van der Waals surface area (Å²) in [5.74, 6) is 0. The molecule has 0 aliphatic rings. The zero-order valence-electron chi connectivity index (χ0n) is 11.4. The van der Waals surface area contributed by atoms with Crippen molar-refractivity contribution in [3.63, 3.8) is 0 Å². The molecule has 0 rings (SSSR count). The lowest BCUT2D eigenvalue weighted by atomic mass is 10.1. The first kappa shape index (κ1) is 14.2. The molecule has 0 fully saturated rings. The molecule has 0 amide bonds. The standard InChI is InChI=1S/C12H29NSi/c1-9-12(6,7)14(13-8,10(2)3)11(4)5/h10-11,13H,9H2,1-8H3. The summed E-state index contributed by atoms with van der Waals surface area (Å²) >= 11 is 0. The minimum absolute atomic E-state index is 0.476. The second kappa shape index (κ2) is 4.80. The van der Waals surface area contributed by atoms with Crippen LogP contribution in [-0.2, 0) is 0 Å². The van der Waals surface area contributed by atoms with E-state index in [0.717, 1.165) is 11.1 Å². The lowest BCUT2D eigenvalue weighted by Gasteiger charge is -2.50. The Labute approximate surface area is 91.8 Å². The van der Waals surface area contributed by atoms with E-state index in [2.05, 4.69) is 60.5 Å². The summed E-state index contributed by atoms with van der Waals surface area (Å²) < 4.78 is 0. The molecule has 0 aromatic carbocycles. The van der Waals surface area contributed by atoms with Gasteiger partial charge in [-0.1, -0.05) is 54.9 Å². The maximum Gasteiger partial charge on any atom is 0.136 e. The van der Waals surface area contributed by atoms with E-state index >= 15 is 0 Å². The van der Waals surface area contributed by atoms with E-state index < -0.39 is 8.24 Å². The molecule has 0 aliphatic carbocycles. The molecule has 0 saturated carbocycles. The highest BCUT2D eigenvalue weighted by atomic mass is 28.3. The highest BCUT2D eigenvalue weighted by Crippen LogP contribution is 2.50. The quantitative estimate of drug-likeness (QED) is 0.679. The molecular formula is C12H29NSi. The van der Waals surface area contributed by atoms with Crippen LogP contribution in [0.15, 0.2) is 0 Å². The molecule has 0 aromatic heterocycles. The molecule has 0 saturated heterocycles. The van der Waals surface area contributed by atoms with Gasteiger partial charge < -0.3 is 4.98 Å². The van der Waals surface area contributed by atoms with Gasteiger partial charge in [-0.2, -0.15) is 0 Å². The van der Waals surface area contributed by atoms with Gasteiger partial charge in [0.15, 0.2) is 0 Å². The third-order valence-electron chi connectivity index (χ3n) is 4.24. The lowest BCUT2D eigenvalue weighted by Crippen LogP contribution is -2.61. The summed E-state index contributed by atoms with van der Waals surface area (Å²) in [4.78, 5) is 3.74. The van der Waals surface area contributed by atoms with Crippen LogP contribution in [0.4, 0.5) is 0 Å². The van der Waals surface area contributed by atoms with Crippen molar-refractivity contribution in [1.29, 1.82) is 0 Å². The molecule has 0 atom stereocenters. The van der Waals surface area contributed by atoms with Crippen LogP contribution in [0.25, 0.3) is 0 Å². The Morgan fingerprint density at radius 2 is 1.43 bits per heavy atom. The van der Waals surface area contributed by atoms with E-state index in [1.54, 1.807) is 0 Å². The Bertz CT molecular complexity index is 165. The normalized spacial score (nSPS) is 14.1. The molecule has 14 heavy (non-hydrogen) atoms. The fourth-order valence-corrected chi connectivity index (χ4v) is 10.3. The molecule has 1 nitrogen and oxygen atoms in total. The topological polar surface area (TPSA) is 12.0 Å². The fourth-order valence-electron chi connectivity index (χ4n) is 3.44. The number of hydrogen-bond acceptors (Lipinski definition) is 1. The monoisotopic (exact) mass is 215 g/mol. The first-order valence-corrected chi connectivity index (χ1v) is 8.10. The van der Waals surface area contributed by atoms with E-state index in [0.29, 0.717) is 5.04 Å². The second-order valence-corrected chi connectivity index (χ2v) is 11.6. The SMILES string of the molecule is CCC(C)(C)[Si](NC)(C(C)C)C(C)C. The predicted molar refractivity (Wildman–Crippen MR) is 69.3 cm³/mol.